The van der Waals surface area contributed by atoms with Crippen LogP contribution in [0.2, 0.25) is 5.02 Å². The Labute approximate surface area is 232 Å². The number of halogens is 4. The molecule has 6 nitrogen and oxygen atoms in total. The lowest BCUT2D eigenvalue weighted by Gasteiger charge is -2.14. The fourth-order valence-electron chi connectivity index (χ4n) is 3.41. The highest BCUT2D eigenvalue weighted by atomic mass is 79.9. The van der Waals surface area contributed by atoms with Gasteiger partial charge in [-0.25, -0.2) is 4.98 Å². The molecule has 35 heavy (non-hydrogen) atoms. The van der Waals surface area contributed by atoms with Gasteiger partial charge in [-0.2, -0.15) is 9.78 Å². The summed E-state index contributed by atoms with van der Waals surface area (Å²) in [6, 6.07) is 14.7. The second-order valence-corrected chi connectivity index (χ2v) is 10.6. The van der Waals surface area contributed by atoms with Crippen LogP contribution in [0.5, 0.6) is 11.5 Å². The third-order valence-electron chi connectivity index (χ3n) is 5.15. The molecule has 0 saturated carbocycles. The lowest BCUT2D eigenvalue weighted by Crippen LogP contribution is -2.22. The van der Waals surface area contributed by atoms with Crippen LogP contribution < -0.4 is 15.0 Å². The molecule has 0 aliphatic rings. The Bertz CT molecular complexity index is 1510. The van der Waals surface area contributed by atoms with Gasteiger partial charge >= 0.3 is 0 Å². The van der Waals surface area contributed by atoms with Crippen LogP contribution in [0.3, 0.4) is 0 Å². The fourth-order valence-corrected chi connectivity index (χ4v) is 5.21. The third kappa shape index (κ3) is 5.80. The van der Waals surface area contributed by atoms with Crippen LogP contribution in [0, 0.1) is 0 Å². The molecule has 0 saturated heterocycles. The maximum Gasteiger partial charge on any atom is 0.282 e. The van der Waals surface area contributed by atoms with Gasteiger partial charge < -0.3 is 9.47 Å². The Morgan fingerprint density at radius 3 is 2.54 bits per heavy atom. The Kier molecular flexibility index (Phi) is 8.31. The molecule has 1 aromatic heterocycles. The topological polar surface area (TPSA) is 65.7 Å². The van der Waals surface area contributed by atoms with Gasteiger partial charge in [0.15, 0.2) is 11.5 Å². The number of aromatic nitrogens is 2. The van der Waals surface area contributed by atoms with E-state index in [1.54, 1.807) is 31.5 Å². The lowest BCUT2D eigenvalue weighted by atomic mass is 10.2. The molecule has 4 rings (SSSR count). The van der Waals surface area contributed by atoms with E-state index in [9.17, 15) is 4.79 Å². The van der Waals surface area contributed by atoms with Gasteiger partial charge in [-0.05, 0) is 48.0 Å². The molecule has 3 aromatic carbocycles. The number of rotatable bonds is 7. The summed E-state index contributed by atoms with van der Waals surface area (Å²) in [6.45, 7) is 2.22. The summed E-state index contributed by atoms with van der Waals surface area (Å²) in [5.41, 5.74) is 1.99. The second kappa shape index (κ2) is 11.2. The normalized spacial score (nSPS) is 11.4. The van der Waals surface area contributed by atoms with E-state index in [0.717, 1.165) is 19.0 Å². The van der Waals surface area contributed by atoms with Gasteiger partial charge in [-0.3, -0.25) is 4.79 Å². The van der Waals surface area contributed by atoms with Crippen molar-refractivity contribution in [1.29, 1.82) is 0 Å². The Hall–Kier alpha value is -2.20. The van der Waals surface area contributed by atoms with Crippen molar-refractivity contribution in [3.8, 4) is 11.5 Å². The zero-order valence-electron chi connectivity index (χ0n) is 18.7. The van der Waals surface area contributed by atoms with Gasteiger partial charge in [0, 0.05) is 25.4 Å². The van der Waals surface area contributed by atoms with Crippen molar-refractivity contribution in [2.45, 2.75) is 20.0 Å². The quantitative estimate of drug-likeness (QED) is 0.191. The zero-order chi connectivity index (χ0) is 25.1. The van der Waals surface area contributed by atoms with Crippen LogP contribution >= 0.6 is 59.4 Å². The maximum atomic E-state index is 13.1. The maximum absolute atomic E-state index is 13.1. The minimum absolute atomic E-state index is 0.248. The molecule has 0 radical (unpaired) electrons. The van der Waals surface area contributed by atoms with Crippen molar-refractivity contribution in [2.75, 3.05) is 7.11 Å². The number of fused-ring (bicyclic) bond motifs is 1. The molecular weight excluding hydrogens is 665 g/mol. The Morgan fingerprint density at radius 1 is 1.09 bits per heavy atom. The lowest BCUT2D eigenvalue weighted by molar-refractivity contribution is 0.284. The minimum atomic E-state index is -0.248. The summed E-state index contributed by atoms with van der Waals surface area (Å²) < 4.78 is 15.5. The second-order valence-electron chi connectivity index (χ2n) is 7.46. The molecule has 180 valence electrons. The van der Waals surface area contributed by atoms with Gasteiger partial charge in [0.1, 0.15) is 12.4 Å². The zero-order valence-corrected chi connectivity index (χ0v) is 24.2. The Balaban J connectivity index is 1.66. The molecule has 10 heteroatoms. The summed E-state index contributed by atoms with van der Waals surface area (Å²) in [5, 5.41) is 5.26. The first-order chi connectivity index (χ1) is 16.8. The van der Waals surface area contributed by atoms with Crippen molar-refractivity contribution in [1.82, 2.24) is 9.66 Å². The summed E-state index contributed by atoms with van der Waals surface area (Å²) in [7, 11) is 1.54. The van der Waals surface area contributed by atoms with Crippen molar-refractivity contribution in [3.05, 3.63) is 94.3 Å². The molecule has 0 atom stereocenters. The number of hydrogen-bond donors (Lipinski definition) is 0. The monoisotopic (exact) mass is 681 g/mol. The fraction of sp³-hybridized carbons (Fsp3) is 0.160. The predicted molar refractivity (Wildman–Crippen MR) is 150 cm³/mol. The van der Waals surface area contributed by atoms with Gasteiger partial charge in [0.2, 0.25) is 0 Å². The molecular formula is C25H19Br3ClN3O3. The molecule has 0 aliphatic carbocycles. The molecule has 0 N–H and O–H groups in total. The molecule has 0 spiro atoms. The highest BCUT2D eigenvalue weighted by Gasteiger charge is 2.14. The van der Waals surface area contributed by atoms with E-state index in [0.29, 0.717) is 51.8 Å². The van der Waals surface area contributed by atoms with Crippen molar-refractivity contribution in [2.24, 2.45) is 5.10 Å². The highest BCUT2D eigenvalue weighted by Crippen LogP contribution is 2.37. The number of nitrogens with zero attached hydrogens (tertiary/aromatic N) is 3. The molecule has 0 aliphatic heterocycles. The van der Waals surface area contributed by atoms with E-state index < -0.39 is 0 Å². The average molecular weight is 685 g/mol. The third-order valence-corrected chi connectivity index (χ3v) is 7.16. The molecule has 1 heterocycles. The number of benzene rings is 3. The minimum Gasteiger partial charge on any atom is -0.493 e. The predicted octanol–water partition coefficient (Wildman–Crippen LogP) is 7.37. The summed E-state index contributed by atoms with van der Waals surface area (Å²) in [5.74, 6) is 1.43. The summed E-state index contributed by atoms with van der Waals surface area (Å²) in [4.78, 5) is 17.7. The summed E-state index contributed by atoms with van der Waals surface area (Å²) >= 11 is 16.9. The first-order valence-electron chi connectivity index (χ1n) is 10.5. The standard InChI is InChI=1S/C25H19Br3ClN3O3/c1-3-23-31-21-7-6-16(26)10-18(21)25(33)32(23)30-12-14-8-20(29)24(22(9-14)34-2)35-13-15-4-5-17(27)11-19(15)28/h4-12H,3,13H2,1-2H3. The van der Waals surface area contributed by atoms with E-state index in [4.69, 9.17) is 21.1 Å². The highest BCUT2D eigenvalue weighted by molar-refractivity contribution is 9.11. The summed E-state index contributed by atoms with van der Waals surface area (Å²) in [6.07, 6.45) is 2.09. The van der Waals surface area contributed by atoms with Crippen molar-refractivity contribution in [3.63, 3.8) is 0 Å². The van der Waals surface area contributed by atoms with Gasteiger partial charge in [0.05, 0.1) is 29.2 Å². The average Bonchev–Trinajstić information content (AvgIpc) is 2.83. The largest absolute Gasteiger partial charge is 0.493 e. The van der Waals surface area contributed by atoms with Crippen LogP contribution in [-0.2, 0) is 13.0 Å². The van der Waals surface area contributed by atoms with Gasteiger partial charge in [-0.15, -0.1) is 0 Å². The van der Waals surface area contributed by atoms with E-state index in [1.165, 1.54) is 4.68 Å². The van der Waals surface area contributed by atoms with Gasteiger partial charge in [0.25, 0.3) is 5.56 Å². The molecule has 0 amide bonds. The smallest absolute Gasteiger partial charge is 0.282 e. The van der Waals surface area contributed by atoms with Crippen molar-refractivity contribution < 1.29 is 9.47 Å². The van der Waals surface area contributed by atoms with E-state index >= 15 is 0 Å². The number of hydrogen-bond acceptors (Lipinski definition) is 5. The van der Waals surface area contributed by atoms with Crippen LogP contribution in [0.4, 0.5) is 0 Å². The number of ether oxygens (including phenoxy) is 2. The number of methoxy groups -OCH3 is 1. The molecule has 0 unspecified atom stereocenters. The first-order valence-corrected chi connectivity index (χ1v) is 13.3. The van der Waals surface area contributed by atoms with Crippen LogP contribution in [0.25, 0.3) is 10.9 Å². The van der Waals surface area contributed by atoms with E-state index in [2.05, 4.69) is 57.9 Å². The van der Waals surface area contributed by atoms with Crippen LogP contribution in [0.1, 0.15) is 23.9 Å². The van der Waals surface area contributed by atoms with E-state index in [1.807, 2.05) is 37.3 Å². The van der Waals surface area contributed by atoms with Gasteiger partial charge in [-0.1, -0.05) is 72.4 Å². The molecule has 0 bridgehead atoms. The van der Waals surface area contributed by atoms with E-state index in [-0.39, 0.29) is 5.56 Å². The van der Waals surface area contributed by atoms with Crippen molar-refractivity contribution >= 4 is 76.5 Å². The first kappa shape index (κ1) is 25.9. The van der Waals surface area contributed by atoms with Crippen LogP contribution in [-0.4, -0.2) is 23.0 Å². The SMILES string of the molecule is CCc1nc2ccc(Br)cc2c(=O)n1N=Cc1cc(Cl)c(OCc2ccc(Br)cc2Br)c(OC)c1. The Morgan fingerprint density at radius 2 is 1.83 bits per heavy atom. The van der Waals surface area contributed by atoms with Crippen LogP contribution in [0.15, 0.2) is 71.8 Å². The molecule has 0 fully saturated rings. The molecule has 4 aromatic rings. The number of aryl methyl sites for hydroxylation is 1.